The molecule has 12 heteroatoms. The highest BCUT2D eigenvalue weighted by molar-refractivity contribution is 8.00. The highest BCUT2D eigenvalue weighted by Crippen LogP contribution is 2.69. The van der Waals surface area contributed by atoms with E-state index in [0.717, 1.165) is 33.8 Å². The van der Waals surface area contributed by atoms with Crippen LogP contribution in [-0.4, -0.2) is 38.6 Å². The van der Waals surface area contributed by atoms with Crippen LogP contribution in [0.1, 0.15) is 38.7 Å². The predicted octanol–water partition coefficient (Wildman–Crippen LogP) is 5.89. The van der Waals surface area contributed by atoms with E-state index < -0.39 is 23.7 Å². The number of hydrogen-bond acceptors (Lipinski definition) is 7. The standard InChI is InChI=1S/C35H28ClN3O6S2/c1-16-2-12-21(13-3-16)39-31(41)27-22-14-23(28(27)32(39)42)29-26(22)25(17-4-8-19(36)9-5-17)30-33(46-29)38(35(45)47-30)15-24(40)37-20-10-6-18(7-11-20)34(43)44/h2-13,22-23,25-29H,14-15H2,1H3,(H,37,40)(H,43,44). The van der Waals surface area contributed by atoms with E-state index in [1.54, 1.807) is 11.8 Å². The first kappa shape index (κ1) is 30.2. The first-order valence-electron chi connectivity index (χ1n) is 15.3. The van der Waals surface area contributed by atoms with Gasteiger partial charge >= 0.3 is 10.8 Å². The number of carboxylic acids is 1. The van der Waals surface area contributed by atoms with E-state index in [1.807, 2.05) is 55.5 Å². The fourth-order valence-corrected chi connectivity index (χ4v) is 11.6. The van der Waals surface area contributed by atoms with Crippen molar-refractivity contribution in [2.75, 3.05) is 10.2 Å². The number of aromatic nitrogens is 1. The minimum Gasteiger partial charge on any atom is -0.478 e. The summed E-state index contributed by atoms with van der Waals surface area (Å²) < 4.78 is 1.51. The highest BCUT2D eigenvalue weighted by Gasteiger charge is 2.69. The van der Waals surface area contributed by atoms with Crippen molar-refractivity contribution in [2.24, 2.45) is 29.6 Å². The molecular formula is C35H28ClN3O6S2. The average molecular weight is 686 g/mol. The van der Waals surface area contributed by atoms with E-state index in [0.29, 0.717) is 21.4 Å². The lowest BCUT2D eigenvalue weighted by molar-refractivity contribution is -0.123. The van der Waals surface area contributed by atoms with Crippen LogP contribution in [0.25, 0.3) is 0 Å². The van der Waals surface area contributed by atoms with Crippen LogP contribution in [0.5, 0.6) is 0 Å². The third-order valence-corrected chi connectivity index (χ3v) is 13.2. The number of aryl methyl sites for hydroxylation is 1. The average Bonchev–Trinajstić information content (AvgIpc) is 3.77. The second-order valence-corrected chi connectivity index (χ2v) is 15.3. The smallest absolute Gasteiger partial charge is 0.335 e. The van der Waals surface area contributed by atoms with Crippen LogP contribution in [0.2, 0.25) is 5.02 Å². The molecule has 1 aromatic heterocycles. The van der Waals surface area contributed by atoms with Crippen molar-refractivity contribution in [3.63, 3.8) is 0 Å². The van der Waals surface area contributed by atoms with Gasteiger partial charge in [-0.3, -0.25) is 28.6 Å². The maximum absolute atomic E-state index is 14.0. The van der Waals surface area contributed by atoms with Gasteiger partial charge in [-0.15, -0.1) is 11.8 Å². The molecule has 0 radical (unpaired) electrons. The molecule has 2 aliphatic heterocycles. The molecule has 7 atom stereocenters. The molecule has 2 bridgehead atoms. The minimum absolute atomic E-state index is 0.0164. The van der Waals surface area contributed by atoms with Crippen molar-refractivity contribution in [3.8, 4) is 0 Å². The van der Waals surface area contributed by atoms with Crippen LogP contribution in [-0.2, 0) is 20.9 Å². The Bertz CT molecular complexity index is 2020. The van der Waals surface area contributed by atoms with E-state index >= 15 is 0 Å². The largest absolute Gasteiger partial charge is 0.478 e. The van der Waals surface area contributed by atoms with Crippen molar-refractivity contribution < 1.29 is 24.3 Å². The van der Waals surface area contributed by atoms with Gasteiger partial charge in [0.15, 0.2) is 0 Å². The molecule has 1 saturated heterocycles. The van der Waals surface area contributed by atoms with Gasteiger partial charge in [-0.1, -0.05) is 52.8 Å². The zero-order chi connectivity index (χ0) is 32.7. The molecule has 47 heavy (non-hydrogen) atoms. The van der Waals surface area contributed by atoms with Gasteiger partial charge in [-0.05, 0) is 85.2 Å². The third kappa shape index (κ3) is 4.77. The number of anilines is 2. The number of thioether (sulfide) groups is 1. The predicted molar refractivity (Wildman–Crippen MR) is 179 cm³/mol. The Morgan fingerprint density at radius 2 is 1.57 bits per heavy atom. The Balaban J connectivity index is 1.15. The Morgan fingerprint density at radius 3 is 2.23 bits per heavy atom. The van der Waals surface area contributed by atoms with Crippen LogP contribution in [0.15, 0.2) is 82.6 Å². The number of imide groups is 1. The van der Waals surface area contributed by atoms with Gasteiger partial charge in [0.25, 0.3) is 0 Å². The number of nitrogens with one attached hydrogen (secondary N) is 1. The molecule has 2 saturated carbocycles. The number of carbonyl (C=O) groups is 4. The topological polar surface area (TPSA) is 126 Å². The lowest BCUT2D eigenvalue weighted by atomic mass is 9.68. The van der Waals surface area contributed by atoms with Gasteiger partial charge in [0.1, 0.15) is 6.54 Å². The summed E-state index contributed by atoms with van der Waals surface area (Å²) >= 11 is 8.97. The highest BCUT2D eigenvalue weighted by atomic mass is 35.5. The minimum atomic E-state index is -1.07. The van der Waals surface area contributed by atoms with Crippen molar-refractivity contribution >= 4 is 69.8 Å². The molecule has 3 amide bonds. The molecule has 238 valence electrons. The Hall–Kier alpha value is -4.19. The molecule has 8 rings (SSSR count). The monoisotopic (exact) mass is 685 g/mol. The Morgan fingerprint density at radius 1 is 0.915 bits per heavy atom. The number of halogens is 1. The number of fused-ring (bicyclic) bond motifs is 9. The summed E-state index contributed by atoms with van der Waals surface area (Å²) in [5.74, 6) is -2.89. The summed E-state index contributed by atoms with van der Waals surface area (Å²) in [5.41, 5.74) is 3.15. The molecule has 0 spiro atoms. The summed E-state index contributed by atoms with van der Waals surface area (Å²) in [6, 6.07) is 20.9. The number of benzene rings is 3. The van der Waals surface area contributed by atoms with E-state index in [2.05, 4.69) is 5.32 Å². The van der Waals surface area contributed by atoms with Gasteiger partial charge in [-0.25, -0.2) is 4.79 Å². The Kier molecular flexibility index (Phi) is 7.19. The quantitative estimate of drug-likeness (QED) is 0.243. The zero-order valence-corrected chi connectivity index (χ0v) is 27.4. The molecule has 4 aromatic rings. The zero-order valence-electron chi connectivity index (χ0n) is 25.0. The number of amides is 3. The van der Waals surface area contributed by atoms with Crippen molar-refractivity contribution in [3.05, 3.63) is 109 Å². The molecule has 2 N–H and O–H groups in total. The number of carbonyl (C=O) groups excluding carboxylic acids is 3. The number of carboxylic acid groups (broad SMARTS) is 1. The second kappa shape index (κ2) is 11.2. The molecule has 9 nitrogen and oxygen atoms in total. The van der Waals surface area contributed by atoms with Crippen molar-refractivity contribution in [1.29, 1.82) is 0 Å². The molecule has 2 aliphatic carbocycles. The van der Waals surface area contributed by atoms with Gasteiger partial charge < -0.3 is 10.4 Å². The fraction of sp³-hybridized carbons (Fsp3) is 0.286. The maximum atomic E-state index is 14.0. The summed E-state index contributed by atoms with van der Waals surface area (Å²) in [7, 11) is 0. The lowest BCUT2D eigenvalue weighted by Crippen LogP contribution is -2.43. The van der Waals surface area contributed by atoms with E-state index in [4.69, 9.17) is 11.6 Å². The van der Waals surface area contributed by atoms with Crippen molar-refractivity contribution in [1.82, 2.24) is 4.57 Å². The first-order valence-corrected chi connectivity index (χ1v) is 17.4. The van der Waals surface area contributed by atoms with E-state index in [9.17, 15) is 29.1 Å². The number of rotatable bonds is 6. The molecular weight excluding hydrogens is 658 g/mol. The first-order chi connectivity index (χ1) is 22.6. The van der Waals surface area contributed by atoms with Crippen LogP contribution in [0, 0.1) is 36.5 Å². The third-order valence-electron chi connectivity index (χ3n) is 10.2. The molecule has 3 fully saturated rings. The number of aromatic carboxylic acids is 1. The van der Waals surface area contributed by atoms with Crippen LogP contribution in [0.3, 0.4) is 0 Å². The summed E-state index contributed by atoms with van der Waals surface area (Å²) in [6.07, 6.45) is 0.757. The van der Waals surface area contributed by atoms with Gasteiger partial charge in [0.05, 0.1) is 28.1 Å². The molecule has 7 unspecified atom stereocenters. The van der Waals surface area contributed by atoms with Crippen molar-refractivity contribution in [2.45, 2.75) is 36.1 Å². The van der Waals surface area contributed by atoms with E-state index in [1.165, 1.54) is 33.7 Å². The summed E-state index contributed by atoms with van der Waals surface area (Å²) in [4.78, 5) is 67.9. The van der Waals surface area contributed by atoms with Gasteiger partial charge in [0.2, 0.25) is 17.7 Å². The number of nitrogens with zero attached hydrogens (tertiary/aromatic N) is 2. The molecule has 3 aromatic carbocycles. The van der Waals surface area contributed by atoms with E-state index in [-0.39, 0.29) is 57.7 Å². The maximum Gasteiger partial charge on any atom is 0.335 e. The number of hydrogen-bond donors (Lipinski definition) is 2. The summed E-state index contributed by atoms with van der Waals surface area (Å²) in [5, 5.41) is 13.2. The molecule has 3 heterocycles. The second-order valence-electron chi connectivity index (χ2n) is 12.7. The van der Waals surface area contributed by atoms with Crippen LogP contribution >= 0.6 is 34.7 Å². The van der Waals surface area contributed by atoms with Crippen LogP contribution < -0.4 is 15.1 Å². The molecule has 4 aliphatic rings. The SMILES string of the molecule is Cc1ccc(N2C(=O)C3C4CC(C3C2=O)C2C(c3ccc(Cl)cc3)c3sc(=O)n(CC(=O)Nc5ccc(C(=O)O)cc5)c3SC42)cc1. The fourth-order valence-electron chi connectivity index (χ4n) is 8.29. The lowest BCUT2D eigenvalue weighted by Gasteiger charge is -2.43. The van der Waals surface area contributed by atoms with Crippen LogP contribution in [0.4, 0.5) is 11.4 Å². The van der Waals surface area contributed by atoms with Gasteiger partial charge in [0, 0.05) is 26.8 Å². The van der Waals surface area contributed by atoms with Gasteiger partial charge in [-0.2, -0.15) is 0 Å². The summed E-state index contributed by atoms with van der Waals surface area (Å²) in [6.45, 7) is 1.74. The Labute approximate surface area is 282 Å². The number of thiazole rings is 1. The normalized spacial score (nSPS) is 27.0.